The number of fused-ring (bicyclic) bond motifs is 1. The third kappa shape index (κ3) is 4.50. The van der Waals surface area contributed by atoms with E-state index in [2.05, 4.69) is 4.98 Å². The molecule has 3 aromatic rings. The first-order valence-electron chi connectivity index (χ1n) is 9.88. The molecule has 1 atom stereocenters. The lowest BCUT2D eigenvalue weighted by Crippen LogP contribution is -2.39. The first-order chi connectivity index (χ1) is 14.5. The minimum absolute atomic E-state index is 0.104. The third-order valence-electron chi connectivity index (χ3n) is 5.29. The van der Waals surface area contributed by atoms with Gasteiger partial charge in [-0.1, -0.05) is 23.7 Å². The Morgan fingerprint density at radius 2 is 2.00 bits per heavy atom. The molecule has 1 amide bonds. The average molecular weight is 427 g/mol. The minimum atomic E-state index is -0.461. The summed E-state index contributed by atoms with van der Waals surface area (Å²) in [5, 5.41) is 1.48. The molecule has 0 bridgehead atoms. The van der Waals surface area contributed by atoms with Gasteiger partial charge in [0.2, 0.25) is 0 Å². The molecule has 0 spiro atoms. The number of aromatic nitrogens is 1. The molecule has 7 heteroatoms. The molecule has 2 aromatic carbocycles. The topological polar surface area (TPSA) is 71.6 Å². The number of benzene rings is 2. The highest BCUT2D eigenvalue weighted by molar-refractivity contribution is 6.30. The lowest BCUT2D eigenvalue weighted by molar-refractivity contribution is -0.142. The van der Waals surface area contributed by atoms with E-state index in [0.717, 1.165) is 22.9 Å². The number of aromatic amines is 1. The smallest absolute Gasteiger partial charge is 0.253 e. The van der Waals surface area contributed by atoms with E-state index < -0.39 is 6.10 Å². The third-order valence-corrected chi connectivity index (χ3v) is 5.54. The molecule has 1 saturated heterocycles. The zero-order valence-corrected chi connectivity index (χ0v) is 17.4. The van der Waals surface area contributed by atoms with Gasteiger partial charge in [-0.25, -0.2) is 0 Å². The molecular weight excluding hydrogens is 404 g/mol. The summed E-state index contributed by atoms with van der Waals surface area (Å²) in [5.74, 6) is 0.599. The predicted molar refractivity (Wildman–Crippen MR) is 116 cm³/mol. The zero-order chi connectivity index (χ0) is 21.1. The maximum absolute atomic E-state index is 13.1. The van der Waals surface area contributed by atoms with Gasteiger partial charge in [-0.05, 0) is 54.8 Å². The number of ether oxygens (including phenoxy) is 2. The summed E-state index contributed by atoms with van der Waals surface area (Å²) >= 11 is 5.99. The number of rotatable bonds is 6. The first-order valence-corrected chi connectivity index (χ1v) is 10.3. The maximum Gasteiger partial charge on any atom is 0.253 e. The zero-order valence-electron chi connectivity index (χ0n) is 16.7. The van der Waals surface area contributed by atoms with Crippen molar-refractivity contribution in [3.63, 3.8) is 0 Å². The second-order valence-corrected chi connectivity index (χ2v) is 7.84. The molecule has 156 valence electrons. The minimum Gasteiger partial charge on any atom is -0.497 e. The van der Waals surface area contributed by atoms with Gasteiger partial charge in [0.05, 0.1) is 13.7 Å². The molecule has 0 saturated carbocycles. The molecule has 30 heavy (non-hydrogen) atoms. The van der Waals surface area contributed by atoms with Crippen LogP contribution in [0.3, 0.4) is 0 Å². The lowest BCUT2D eigenvalue weighted by Gasteiger charge is -2.25. The van der Waals surface area contributed by atoms with E-state index in [0.29, 0.717) is 35.9 Å². The van der Waals surface area contributed by atoms with E-state index in [1.54, 1.807) is 30.2 Å². The van der Waals surface area contributed by atoms with Crippen LogP contribution in [-0.2, 0) is 22.6 Å². The molecule has 2 heterocycles. The average Bonchev–Trinajstić information content (AvgIpc) is 3.29. The Bertz CT molecular complexity index is 1100. The molecule has 6 nitrogen and oxygen atoms in total. The van der Waals surface area contributed by atoms with Crippen molar-refractivity contribution in [1.29, 1.82) is 0 Å². The molecule has 1 aliphatic heterocycles. The van der Waals surface area contributed by atoms with E-state index in [1.165, 1.54) is 0 Å². The van der Waals surface area contributed by atoms with Gasteiger partial charge in [0.1, 0.15) is 11.9 Å². The van der Waals surface area contributed by atoms with Crippen LogP contribution >= 0.6 is 11.6 Å². The van der Waals surface area contributed by atoms with Crippen LogP contribution in [0.1, 0.15) is 24.0 Å². The number of nitrogens with one attached hydrogen (secondary N) is 1. The van der Waals surface area contributed by atoms with E-state index in [1.807, 2.05) is 30.3 Å². The van der Waals surface area contributed by atoms with Crippen molar-refractivity contribution in [3.8, 4) is 5.75 Å². The fourth-order valence-electron chi connectivity index (χ4n) is 3.68. The number of halogens is 1. The van der Waals surface area contributed by atoms with Crippen LogP contribution in [0.25, 0.3) is 10.9 Å². The van der Waals surface area contributed by atoms with Gasteiger partial charge in [-0.15, -0.1) is 0 Å². The predicted octanol–water partition coefficient (Wildman–Crippen LogP) is 3.90. The van der Waals surface area contributed by atoms with E-state index in [4.69, 9.17) is 21.1 Å². The van der Waals surface area contributed by atoms with Crippen molar-refractivity contribution in [2.24, 2.45) is 0 Å². The summed E-state index contributed by atoms with van der Waals surface area (Å²) in [7, 11) is 1.60. The van der Waals surface area contributed by atoms with Crippen LogP contribution in [0.4, 0.5) is 0 Å². The van der Waals surface area contributed by atoms with Crippen molar-refractivity contribution in [2.75, 3.05) is 13.7 Å². The van der Waals surface area contributed by atoms with Crippen LogP contribution in [0.2, 0.25) is 5.02 Å². The number of hydrogen-bond acceptors (Lipinski definition) is 4. The van der Waals surface area contributed by atoms with Gasteiger partial charge >= 0.3 is 0 Å². The standard InChI is InChI=1S/C23H23ClN2O4/c1-29-19-8-9-20-16(12-19)11-17(22(27)25-20)14-26(23(28)21-3-2-10-30-21)13-15-4-6-18(24)7-5-15/h4-9,11-12,21H,2-3,10,13-14H2,1H3,(H,25,27). The summed E-state index contributed by atoms with van der Waals surface area (Å²) in [6.07, 6.45) is 1.10. The van der Waals surface area contributed by atoms with Gasteiger partial charge in [0, 0.05) is 34.6 Å². The summed E-state index contributed by atoms with van der Waals surface area (Å²) in [5.41, 5.74) is 1.95. The summed E-state index contributed by atoms with van der Waals surface area (Å²) in [4.78, 5) is 30.4. The Labute approximate surface area is 179 Å². The number of carbonyl (C=O) groups excluding carboxylic acids is 1. The number of hydrogen-bond donors (Lipinski definition) is 1. The van der Waals surface area contributed by atoms with Gasteiger partial charge in [0.25, 0.3) is 11.5 Å². The second-order valence-electron chi connectivity index (χ2n) is 7.40. The number of methoxy groups -OCH3 is 1. The molecular formula is C23H23ClN2O4. The Morgan fingerprint density at radius 1 is 1.20 bits per heavy atom. The summed E-state index contributed by atoms with van der Waals surface area (Å²) < 4.78 is 10.9. The summed E-state index contributed by atoms with van der Waals surface area (Å²) in [6.45, 7) is 1.14. The fourth-order valence-corrected chi connectivity index (χ4v) is 3.80. The molecule has 1 unspecified atom stereocenters. The van der Waals surface area contributed by atoms with Crippen molar-refractivity contribution in [3.05, 3.63) is 75.0 Å². The van der Waals surface area contributed by atoms with Crippen molar-refractivity contribution in [1.82, 2.24) is 9.88 Å². The molecule has 4 rings (SSSR count). The largest absolute Gasteiger partial charge is 0.497 e. The van der Waals surface area contributed by atoms with Crippen LogP contribution in [0.15, 0.2) is 53.3 Å². The molecule has 0 aliphatic carbocycles. The Morgan fingerprint density at radius 3 is 2.70 bits per heavy atom. The number of pyridine rings is 1. The summed E-state index contributed by atoms with van der Waals surface area (Å²) in [6, 6.07) is 14.6. The normalized spacial score (nSPS) is 16.0. The maximum atomic E-state index is 13.1. The van der Waals surface area contributed by atoms with Gasteiger partial charge < -0.3 is 19.4 Å². The Balaban J connectivity index is 1.66. The highest BCUT2D eigenvalue weighted by Crippen LogP contribution is 2.22. The second kappa shape index (κ2) is 8.90. The van der Waals surface area contributed by atoms with Crippen molar-refractivity contribution < 1.29 is 14.3 Å². The number of carbonyl (C=O) groups is 1. The number of nitrogens with zero attached hydrogens (tertiary/aromatic N) is 1. The van der Waals surface area contributed by atoms with Crippen LogP contribution in [0, 0.1) is 0 Å². The molecule has 1 N–H and O–H groups in total. The highest BCUT2D eigenvalue weighted by Gasteiger charge is 2.29. The van der Waals surface area contributed by atoms with E-state index in [-0.39, 0.29) is 18.0 Å². The SMILES string of the molecule is COc1ccc2[nH]c(=O)c(CN(Cc3ccc(Cl)cc3)C(=O)C3CCCO3)cc2c1. The molecule has 1 aliphatic rings. The monoisotopic (exact) mass is 426 g/mol. The Kier molecular flexibility index (Phi) is 6.06. The molecule has 1 fully saturated rings. The van der Waals surface area contributed by atoms with Gasteiger partial charge in [-0.2, -0.15) is 0 Å². The van der Waals surface area contributed by atoms with Crippen LogP contribution in [-0.4, -0.2) is 35.6 Å². The van der Waals surface area contributed by atoms with E-state index >= 15 is 0 Å². The van der Waals surface area contributed by atoms with Gasteiger partial charge in [-0.3, -0.25) is 9.59 Å². The van der Waals surface area contributed by atoms with Crippen molar-refractivity contribution in [2.45, 2.75) is 32.0 Å². The Hall–Kier alpha value is -2.83. The van der Waals surface area contributed by atoms with Crippen LogP contribution < -0.4 is 10.3 Å². The van der Waals surface area contributed by atoms with E-state index in [9.17, 15) is 9.59 Å². The number of H-pyrrole nitrogens is 1. The lowest BCUT2D eigenvalue weighted by atomic mass is 10.1. The number of amides is 1. The molecule has 1 aromatic heterocycles. The van der Waals surface area contributed by atoms with Crippen LogP contribution in [0.5, 0.6) is 5.75 Å². The quantitative estimate of drug-likeness (QED) is 0.649. The first kappa shape index (κ1) is 20.4. The molecule has 0 radical (unpaired) electrons. The van der Waals surface area contributed by atoms with Gasteiger partial charge in [0.15, 0.2) is 0 Å². The van der Waals surface area contributed by atoms with Crippen molar-refractivity contribution >= 4 is 28.4 Å². The highest BCUT2D eigenvalue weighted by atomic mass is 35.5. The fraction of sp³-hybridized carbons (Fsp3) is 0.304.